The zero-order valence-corrected chi connectivity index (χ0v) is 15.9. The van der Waals surface area contributed by atoms with Crippen molar-refractivity contribution in [1.29, 1.82) is 0 Å². The second-order valence-electron chi connectivity index (χ2n) is 8.28. The van der Waals surface area contributed by atoms with Crippen molar-refractivity contribution in [2.75, 3.05) is 26.3 Å². The van der Waals surface area contributed by atoms with E-state index in [1.807, 2.05) is 18.2 Å². The molecule has 1 amide bonds. The Morgan fingerprint density at radius 1 is 1.27 bits per heavy atom. The second kappa shape index (κ2) is 7.20. The molecule has 142 valence electrons. The number of carbonyl (C=O) groups is 1. The molecule has 5 nitrogen and oxygen atoms in total. The zero-order valence-electron chi connectivity index (χ0n) is 15.9. The predicted octanol–water partition coefficient (Wildman–Crippen LogP) is 2.91. The maximum atomic E-state index is 12.7. The fraction of sp³-hybridized carbons (Fsp3) is 0.667. The number of likely N-dealkylation sites (tertiary alicyclic amines) is 1. The number of rotatable bonds is 3. The number of piperidine rings is 1. The van der Waals surface area contributed by atoms with Gasteiger partial charge in [0.1, 0.15) is 11.4 Å². The summed E-state index contributed by atoms with van der Waals surface area (Å²) in [5.41, 5.74) is 0.945. The summed E-state index contributed by atoms with van der Waals surface area (Å²) in [5, 5.41) is 3.31. The SMILES string of the molecule is CC(C)N1CCC2(CC1)C[C@H](NC(=O)[C@@H]1CCOC1)c1ccccc1O2. The summed E-state index contributed by atoms with van der Waals surface area (Å²) in [6, 6.07) is 8.77. The lowest BCUT2D eigenvalue weighted by Gasteiger charge is -2.47. The molecule has 0 saturated carbocycles. The van der Waals surface area contributed by atoms with Crippen LogP contribution in [0.15, 0.2) is 24.3 Å². The first kappa shape index (κ1) is 17.8. The van der Waals surface area contributed by atoms with Crippen molar-refractivity contribution in [2.24, 2.45) is 5.92 Å². The lowest BCUT2D eigenvalue weighted by molar-refractivity contribution is -0.126. The highest BCUT2D eigenvalue weighted by molar-refractivity contribution is 5.79. The smallest absolute Gasteiger partial charge is 0.226 e. The lowest BCUT2D eigenvalue weighted by atomic mass is 9.80. The molecule has 1 N–H and O–H groups in total. The Bertz CT molecular complexity index is 646. The molecule has 3 aliphatic heterocycles. The molecule has 2 fully saturated rings. The molecule has 1 spiro atoms. The molecule has 5 heteroatoms. The maximum Gasteiger partial charge on any atom is 0.226 e. The fourth-order valence-corrected chi connectivity index (χ4v) is 4.53. The summed E-state index contributed by atoms with van der Waals surface area (Å²) in [6.07, 6.45) is 3.71. The average Bonchev–Trinajstić information content (AvgIpc) is 3.17. The second-order valence-corrected chi connectivity index (χ2v) is 8.28. The Hall–Kier alpha value is -1.59. The van der Waals surface area contributed by atoms with Crippen LogP contribution in [0, 0.1) is 5.92 Å². The standard InChI is InChI=1S/C21H30N2O3/c1-15(2)23-10-8-21(9-11-23)13-18(17-5-3-4-6-19(17)26-21)22-20(24)16-7-12-25-14-16/h3-6,15-16,18H,7-14H2,1-2H3,(H,22,24)/t16-,18+/m1/s1. The van der Waals surface area contributed by atoms with Crippen LogP contribution in [0.5, 0.6) is 5.75 Å². The molecule has 3 aliphatic rings. The third-order valence-corrected chi connectivity index (χ3v) is 6.25. The van der Waals surface area contributed by atoms with Crippen molar-refractivity contribution in [3.8, 4) is 5.75 Å². The van der Waals surface area contributed by atoms with Crippen LogP contribution in [0.1, 0.15) is 51.1 Å². The minimum absolute atomic E-state index is 0.0104. The first-order valence-corrected chi connectivity index (χ1v) is 9.96. The first-order valence-electron chi connectivity index (χ1n) is 9.96. The van der Waals surface area contributed by atoms with Crippen LogP contribution < -0.4 is 10.1 Å². The molecule has 4 rings (SSSR count). The predicted molar refractivity (Wildman–Crippen MR) is 100 cm³/mol. The van der Waals surface area contributed by atoms with Crippen molar-refractivity contribution in [3.05, 3.63) is 29.8 Å². The molecule has 2 atom stereocenters. The Balaban J connectivity index is 1.53. The zero-order chi connectivity index (χ0) is 18.1. The highest BCUT2D eigenvalue weighted by Crippen LogP contribution is 2.44. The first-order chi connectivity index (χ1) is 12.6. The van der Waals surface area contributed by atoms with Gasteiger partial charge in [-0.05, 0) is 39.2 Å². The minimum Gasteiger partial charge on any atom is -0.487 e. The molecule has 2 saturated heterocycles. The number of para-hydroxylation sites is 1. The fourth-order valence-electron chi connectivity index (χ4n) is 4.53. The summed E-state index contributed by atoms with van der Waals surface area (Å²) in [7, 11) is 0. The van der Waals surface area contributed by atoms with E-state index in [2.05, 4.69) is 30.1 Å². The van der Waals surface area contributed by atoms with E-state index in [1.54, 1.807) is 0 Å². The Morgan fingerprint density at radius 3 is 2.73 bits per heavy atom. The van der Waals surface area contributed by atoms with Gasteiger partial charge in [-0.2, -0.15) is 0 Å². The van der Waals surface area contributed by atoms with Crippen molar-refractivity contribution in [3.63, 3.8) is 0 Å². The largest absolute Gasteiger partial charge is 0.487 e. The number of amides is 1. The van der Waals surface area contributed by atoms with Gasteiger partial charge < -0.3 is 19.7 Å². The highest BCUT2D eigenvalue weighted by atomic mass is 16.5. The number of nitrogens with one attached hydrogen (secondary N) is 1. The number of fused-ring (bicyclic) bond motifs is 1. The van der Waals surface area contributed by atoms with E-state index in [4.69, 9.17) is 9.47 Å². The number of hydrogen-bond acceptors (Lipinski definition) is 4. The van der Waals surface area contributed by atoms with Crippen LogP contribution in [0.3, 0.4) is 0 Å². The molecule has 3 heterocycles. The number of hydrogen-bond donors (Lipinski definition) is 1. The van der Waals surface area contributed by atoms with Crippen LogP contribution >= 0.6 is 0 Å². The quantitative estimate of drug-likeness (QED) is 0.903. The summed E-state index contributed by atoms with van der Waals surface area (Å²) in [6.45, 7) is 7.85. The number of carbonyl (C=O) groups excluding carboxylic acids is 1. The monoisotopic (exact) mass is 358 g/mol. The van der Waals surface area contributed by atoms with Crippen LogP contribution in [0.2, 0.25) is 0 Å². The van der Waals surface area contributed by atoms with E-state index in [-0.39, 0.29) is 23.5 Å². The van der Waals surface area contributed by atoms with Gasteiger partial charge in [-0.15, -0.1) is 0 Å². The van der Waals surface area contributed by atoms with Gasteiger partial charge in [-0.25, -0.2) is 0 Å². The summed E-state index contributed by atoms with van der Waals surface area (Å²) in [5.74, 6) is 1.05. The molecule has 26 heavy (non-hydrogen) atoms. The Morgan fingerprint density at radius 2 is 2.04 bits per heavy atom. The molecule has 1 aromatic rings. The summed E-state index contributed by atoms with van der Waals surface area (Å²) in [4.78, 5) is 15.2. The van der Waals surface area contributed by atoms with E-state index < -0.39 is 0 Å². The number of ether oxygens (including phenoxy) is 2. The maximum absolute atomic E-state index is 12.7. The van der Waals surface area contributed by atoms with E-state index >= 15 is 0 Å². The number of benzene rings is 1. The molecular weight excluding hydrogens is 328 g/mol. The van der Waals surface area contributed by atoms with Crippen LogP contribution in [-0.4, -0.2) is 48.8 Å². The molecular formula is C21H30N2O3. The average molecular weight is 358 g/mol. The molecule has 0 aromatic heterocycles. The van der Waals surface area contributed by atoms with Gasteiger partial charge in [0.25, 0.3) is 0 Å². The highest BCUT2D eigenvalue weighted by Gasteiger charge is 2.44. The Kier molecular flexibility index (Phi) is 4.93. The molecule has 1 aromatic carbocycles. The van der Waals surface area contributed by atoms with Crippen molar-refractivity contribution in [1.82, 2.24) is 10.2 Å². The van der Waals surface area contributed by atoms with Gasteiger partial charge >= 0.3 is 0 Å². The van der Waals surface area contributed by atoms with Crippen molar-refractivity contribution < 1.29 is 14.3 Å². The van der Waals surface area contributed by atoms with E-state index in [0.717, 1.165) is 50.1 Å². The van der Waals surface area contributed by atoms with Crippen LogP contribution in [0.25, 0.3) is 0 Å². The molecule has 0 aliphatic carbocycles. The lowest BCUT2D eigenvalue weighted by Crippen LogP contribution is -2.53. The normalized spacial score (nSPS) is 28.0. The van der Waals surface area contributed by atoms with Gasteiger partial charge in [0.05, 0.1) is 18.6 Å². The van der Waals surface area contributed by atoms with Crippen LogP contribution in [0.4, 0.5) is 0 Å². The Labute approximate surface area is 156 Å². The van der Waals surface area contributed by atoms with Gasteiger partial charge in [0, 0.05) is 37.7 Å². The summed E-state index contributed by atoms with van der Waals surface area (Å²) >= 11 is 0. The van der Waals surface area contributed by atoms with E-state index in [1.165, 1.54) is 0 Å². The summed E-state index contributed by atoms with van der Waals surface area (Å²) < 4.78 is 11.9. The van der Waals surface area contributed by atoms with Gasteiger partial charge in [-0.3, -0.25) is 4.79 Å². The van der Waals surface area contributed by atoms with Gasteiger partial charge in [0.2, 0.25) is 5.91 Å². The topological polar surface area (TPSA) is 50.8 Å². The van der Waals surface area contributed by atoms with Crippen molar-refractivity contribution >= 4 is 5.91 Å². The molecule has 0 radical (unpaired) electrons. The van der Waals surface area contributed by atoms with Crippen molar-refractivity contribution in [2.45, 2.75) is 57.2 Å². The molecule has 0 bridgehead atoms. The molecule has 0 unspecified atom stereocenters. The van der Waals surface area contributed by atoms with E-state index in [9.17, 15) is 4.79 Å². The third-order valence-electron chi connectivity index (χ3n) is 6.25. The van der Waals surface area contributed by atoms with Crippen LogP contribution in [-0.2, 0) is 9.53 Å². The van der Waals surface area contributed by atoms with E-state index in [0.29, 0.717) is 19.3 Å². The number of nitrogens with zero attached hydrogens (tertiary/aromatic N) is 1. The minimum atomic E-state index is -0.163. The van der Waals surface area contributed by atoms with Gasteiger partial charge in [0.15, 0.2) is 0 Å². The third kappa shape index (κ3) is 3.47. The van der Waals surface area contributed by atoms with Gasteiger partial charge in [-0.1, -0.05) is 18.2 Å².